The molecule has 2 heterocycles. The van der Waals surface area contributed by atoms with Crippen molar-refractivity contribution in [2.75, 3.05) is 14.2 Å². The number of ether oxygens (including phenoxy) is 2. The van der Waals surface area contributed by atoms with Crippen LogP contribution in [0, 0.1) is 0 Å². The first kappa shape index (κ1) is 14.4. The summed E-state index contributed by atoms with van der Waals surface area (Å²) in [4.78, 5) is 15.8. The average molecular weight is 277 g/mol. The molecular formula is C13H16BNO5. The van der Waals surface area contributed by atoms with Gasteiger partial charge in [-0.25, -0.2) is 9.78 Å². The Labute approximate surface area is 117 Å². The number of carbonyl (C=O) groups excluding carboxylic acids is 1. The van der Waals surface area contributed by atoms with Gasteiger partial charge in [0.1, 0.15) is 11.2 Å². The molecule has 106 valence electrons. The number of rotatable bonds is 3. The topological polar surface area (TPSA) is 66.9 Å². The summed E-state index contributed by atoms with van der Waals surface area (Å²) >= 11 is 0. The Bertz CT molecular complexity index is 558. The van der Waals surface area contributed by atoms with Gasteiger partial charge in [0, 0.05) is 11.7 Å². The molecule has 0 atom stereocenters. The maximum Gasteiger partial charge on any atom is 0.564 e. The normalized spacial score (nSPS) is 16.8. The fraction of sp³-hybridized carbons (Fsp3) is 0.385. The van der Waals surface area contributed by atoms with Gasteiger partial charge in [-0.05, 0) is 19.9 Å². The number of methoxy groups -OCH3 is 2. The van der Waals surface area contributed by atoms with E-state index >= 15 is 0 Å². The number of esters is 1. The lowest BCUT2D eigenvalue weighted by Gasteiger charge is -2.15. The number of hydrogen-bond donors (Lipinski definition) is 0. The molecular weight excluding hydrogens is 261 g/mol. The highest BCUT2D eigenvalue weighted by molar-refractivity contribution is 6.62. The largest absolute Gasteiger partial charge is 0.564 e. The van der Waals surface area contributed by atoms with Crippen LogP contribution in [0.25, 0.3) is 0 Å². The van der Waals surface area contributed by atoms with Crippen LogP contribution in [-0.4, -0.2) is 37.9 Å². The van der Waals surface area contributed by atoms with E-state index in [9.17, 15) is 4.79 Å². The van der Waals surface area contributed by atoms with E-state index in [1.807, 2.05) is 13.8 Å². The Balaban J connectivity index is 2.35. The molecule has 0 aromatic carbocycles. The van der Waals surface area contributed by atoms with Crippen molar-refractivity contribution in [3.8, 4) is 5.88 Å². The van der Waals surface area contributed by atoms with Crippen LogP contribution in [0.5, 0.6) is 5.88 Å². The van der Waals surface area contributed by atoms with Crippen molar-refractivity contribution in [2.45, 2.75) is 19.4 Å². The Morgan fingerprint density at radius 2 is 2.15 bits per heavy atom. The van der Waals surface area contributed by atoms with Crippen molar-refractivity contribution in [1.82, 2.24) is 4.98 Å². The third-order valence-corrected chi connectivity index (χ3v) is 3.07. The number of aromatic nitrogens is 1. The van der Waals surface area contributed by atoms with Gasteiger partial charge >= 0.3 is 13.1 Å². The van der Waals surface area contributed by atoms with Gasteiger partial charge in [0.2, 0.25) is 5.88 Å². The Morgan fingerprint density at radius 3 is 2.65 bits per heavy atom. The predicted octanol–water partition coefficient (Wildman–Crippen LogP) is 0.911. The maximum atomic E-state index is 11.7. The minimum absolute atomic E-state index is 0.191. The standard InChI is InChI=1S/C13H16BNO5/c1-8-13(2,3)20-14(19-8)9-6-10(12(16)18-5)11(17-4)15-7-9/h6-7H,1H2,2-5H3. The van der Waals surface area contributed by atoms with E-state index in [0.717, 1.165) is 0 Å². The van der Waals surface area contributed by atoms with Crippen molar-refractivity contribution in [1.29, 1.82) is 0 Å². The second kappa shape index (κ2) is 5.17. The quantitative estimate of drug-likeness (QED) is 0.604. The number of pyridine rings is 1. The highest BCUT2D eigenvalue weighted by atomic mass is 16.7. The first-order chi connectivity index (χ1) is 9.39. The minimum atomic E-state index is -0.653. The number of hydrogen-bond acceptors (Lipinski definition) is 6. The van der Waals surface area contributed by atoms with Gasteiger partial charge in [-0.15, -0.1) is 0 Å². The van der Waals surface area contributed by atoms with Crippen LogP contribution in [0.1, 0.15) is 24.2 Å². The minimum Gasteiger partial charge on any atom is -0.534 e. The van der Waals surface area contributed by atoms with E-state index in [0.29, 0.717) is 11.2 Å². The summed E-state index contributed by atoms with van der Waals surface area (Å²) < 4.78 is 21.0. The van der Waals surface area contributed by atoms with E-state index in [1.54, 1.807) is 6.07 Å². The Kier molecular flexibility index (Phi) is 3.72. The van der Waals surface area contributed by atoms with Gasteiger partial charge in [0.25, 0.3) is 0 Å². The van der Waals surface area contributed by atoms with Gasteiger partial charge in [0.05, 0.1) is 20.0 Å². The fourth-order valence-corrected chi connectivity index (χ4v) is 1.78. The molecule has 0 spiro atoms. The fourth-order valence-electron chi connectivity index (χ4n) is 1.78. The van der Waals surface area contributed by atoms with Crippen molar-refractivity contribution in [3.05, 3.63) is 30.2 Å². The first-order valence-corrected chi connectivity index (χ1v) is 6.05. The third-order valence-electron chi connectivity index (χ3n) is 3.07. The van der Waals surface area contributed by atoms with Gasteiger partial charge in [-0.3, -0.25) is 0 Å². The molecule has 0 N–H and O–H groups in total. The summed E-state index contributed by atoms with van der Waals surface area (Å²) in [6.07, 6.45) is 1.53. The van der Waals surface area contributed by atoms with Crippen LogP contribution < -0.4 is 10.2 Å². The van der Waals surface area contributed by atoms with Gasteiger partial charge in [-0.2, -0.15) is 0 Å². The summed E-state index contributed by atoms with van der Waals surface area (Å²) in [5.41, 5.74) is 0.226. The van der Waals surface area contributed by atoms with E-state index < -0.39 is 18.7 Å². The molecule has 0 aliphatic carbocycles. The summed E-state index contributed by atoms with van der Waals surface area (Å²) in [6.45, 7) is 7.52. The van der Waals surface area contributed by atoms with Crippen LogP contribution in [0.3, 0.4) is 0 Å². The second-order valence-electron chi connectivity index (χ2n) is 4.82. The van der Waals surface area contributed by atoms with Gasteiger partial charge < -0.3 is 18.8 Å². The molecule has 1 aromatic heterocycles. The predicted molar refractivity (Wildman–Crippen MR) is 72.9 cm³/mol. The molecule has 1 aromatic rings. The van der Waals surface area contributed by atoms with E-state index in [1.165, 1.54) is 20.4 Å². The molecule has 6 nitrogen and oxygen atoms in total. The molecule has 0 radical (unpaired) electrons. The molecule has 2 rings (SSSR count). The molecule has 0 bridgehead atoms. The summed E-state index contributed by atoms with van der Waals surface area (Å²) in [7, 11) is 2.07. The zero-order chi connectivity index (χ0) is 14.9. The lowest BCUT2D eigenvalue weighted by molar-refractivity contribution is 0.0596. The van der Waals surface area contributed by atoms with Gasteiger partial charge in [0.15, 0.2) is 0 Å². The zero-order valence-electron chi connectivity index (χ0n) is 11.9. The maximum absolute atomic E-state index is 11.7. The average Bonchev–Trinajstić information content (AvgIpc) is 2.71. The Hall–Kier alpha value is -2.02. The Morgan fingerprint density at radius 1 is 1.45 bits per heavy atom. The van der Waals surface area contributed by atoms with E-state index in [2.05, 4.69) is 11.6 Å². The van der Waals surface area contributed by atoms with Crippen molar-refractivity contribution in [3.63, 3.8) is 0 Å². The van der Waals surface area contributed by atoms with Crippen LogP contribution in [0.2, 0.25) is 0 Å². The summed E-state index contributed by atoms with van der Waals surface area (Å²) in [5, 5.41) is 0. The second-order valence-corrected chi connectivity index (χ2v) is 4.82. The van der Waals surface area contributed by atoms with Crippen LogP contribution >= 0.6 is 0 Å². The highest BCUT2D eigenvalue weighted by Crippen LogP contribution is 2.29. The van der Waals surface area contributed by atoms with Crippen molar-refractivity contribution >= 4 is 18.6 Å². The lowest BCUT2D eigenvalue weighted by Crippen LogP contribution is -2.35. The van der Waals surface area contributed by atoms with E-state index in [4.69, 9.17) is 18.8 Å². The number of nitrogens with zero attached hydrogens (tertiary/aromatic N) is 1. The zero-order valence-corrected chi connectivity index (χ0v) is 11.9. The lowest BCUT2D eigenvalue weighted by atomic mass is 9.80. The molecule has 1 aliphatic rings. The monoisotopic (exact) mass is 277 g/mol. The third kappa shape index (κ3) is 2.49. The van der Waals surface area contributed by atoms with Crippen LogP contribution in [0.4, 0.5) is 0 Å². The van der Waals surface area contributed by atoms with Crippen molar-refractivity contribution < 1.29 is 23.6 Å². The SMILES string of the molecule is C=C1OB(c2cnc(OC)c(C(=O)OC)c2)OC1(C)C. The van der Waals surface area contributed by atoms with Crippen molar-refractivity contribution in [2.24, 2.45) is 0 Å². The first-order valence-electron chi connectivity index (χ1n) is 6.05. The number of carbonyl (C=O) groups is 1. The molecule has 7 heteroatoms. The molecule has 0 saturated carbocycles. The van der Waals surface area contributed by atoms with Crippen LogP contribution in [0.15, 0.2) is 24.6 Å². The molecule has 0 amide bonds. The molecule has 1 aliphatic heterocycles. The highest BCUT2D eigenvalue weighted by Gasteiger charge is 2.43. The molecule has 1 saturated heterocycles. The smallest absolute Gasteiger partial charge is 0.534 e. The molecule has 1 fully saturated rings. The molecule has 20 heavy (non-hydrogen) atoms. The van der Waals surface area contributed by atoms with Gasteiger partial charge in [-0.1, -0.05) is 6.58 Å². The summed E-state index contributed by atoms with van der Waals surface area (Å²) in [6, 6.07) is 1.58. The summed E-state index contributed by atoms with van der Waals surface area (Å²) in [5.74, 6) is 0.182. The molecule has 0 unspecified atom stereocenters. The van der Waals surface area contributed by atoms with Crippen LogP contribution in [-0.2, 0) is 14.0 Å². The van der Waals surface area contributed by atoms with E-state index in [-0.39, 0.29) is 11.4 Å².